The summed E-state index contributed by atoms with van der Waals surface area (Å²) in [6.45, 7) is 1.95. The highest BCUT2D eigenvalue weighted by molar-refractivity contribution is 7.13. The van der Waals surface area contributed by atoms with Gasteiger partial charge in [-0.1, -0.05) is 0 Å². The Hall–Kier alpha value is -0.980. The molecule has 0 unspecified atom stereocenters. The second kappa shape index (κ2) is 5.38. The molecule has 1 amide bonds. The van der Waals surface area contributed by atoms with E-state index in [0.29, 0.717) is 11.7 Å². The van der Waals surface area contributed by atoms with E-state index in [-0.39, 0.29) is 12.0 Å². The summed E-state index contributed by atoms with van der Waals surface area (Å²) < 4.78 is 0. The number of anilines is 1. The van der Waals surface area contributed by atoms with Crippen LogP contribution in [-0.2, 0) is 4.79 Å². The first-order chi connectivity index (χ1) is 7.74. The minimum atomic E-state index is -0.196. The molecule has 2 N–H and O–H groups in total. The molecule has 2 rings (SSSR count). The van der Waals surface area contributed by atoms with Crippen molar-refractivity contribution in [3.05, 3.63) is 11.6 Å². The highest BCUT2D eigenvalue weighted by atomic mass is 32.1. The van der Waals surface area contributed by atoms with Gasteiger partial charge in [-0.2, -0.15) is 0 Å². The Kier molecular flexibility index (Phi) is 3.87. The molecule has 1 aliphatic heterocycles. The van der Waals surface area contributed by atoms with Crippen LogP contribution >= 0.6 is 11.3 Å². The lowest BCUT2D eigenvalue weighted by molar-refractivity contribution is -0.117. The molecule has 1 aromatic heterocycles. The molecule has 1 fully saturated rings. The van der Waals surface area contributed by atoms with E-state index in [4.69, 9.17) is 0 Å². The number of hydrogen-bond donors (Lipinski definition) is 2. The maximum absolute atomic E-state index is 11.6. The Morgan fingerprint density at radius 1 is 1.62 bits per heavy atom. The zero-order chi connectivity index (χ0) is 11.4. The summed E-state index contributed by atoms with van der Waals surface area (Å²) in [6, 6.07) is 0. The van der Waals surface area contributed by atoms with E-state index in [1.165, 1.54) is 11.3 Å². The van der Waals surface area contributed by atoms with Crippen LogP contribution in [0.3, 0.4) is 0 Å². The van der Waals surface area contributed by atoms with Crippen molar-refractivity contribution in [1.29, 1.82) is 0 Å². The molecule has 0 aromatic carbocycles. The van der Waals surface area contributed by atoms with Crippen molar-refractivity contribution < 1.29 is 9.90 Å². The summed E-state index contributed by atoms with van der Waals surface area (Å²) in [4.78, 5) is 17.7. The molecular weight excluding hydrogens is 226 g/mol. The number of rotatable bonds is 3. The summed E-state index contributed by atoms with van der Waals surface area (Å²) >= 11 is 1.41. The zero-order valence-electron chi connectivity index (χ0n) is 8.93. The van der Waals surface area contributed by atoms with E-state index in [9.17, 15) is 9.90 Å². The van der Waals surface area contributed by atoms with E-state index in [2.05, 4.69) is 15.2 Å². The average Bonchev–Trinajstić information content (AvgIpc) is 2.74. The summed E-state index contributed by atoms with van der Waals surface area (Å²) in [5, 5.41) is 14.5. The van der Waals surface area contributed by atoms with Crippen molar-refractivity contribution in [2.24, 2.45) is 0 Å². The Morgan fingerprint density at radius 2 is 2.38 bits per heavy atom. The molecule has 0 radical (unpaired) electrons. The Labute approximate surface area is 98.1 Å². The Bertz CT molecular complexity index is 334. The molecule has 1 aliphatic rings. The first-order valence-electron chi connectivity index (χ1n) is 5.34. The topological polar surface area (TPSA) is 65.5 Å². The van der Waals surface area contributed by atoms with Crippen molar-refractivity contribution in [3.8, 4) is 0 Å². The summed E-state index contributed by atoms with van der Waals surface area (Å²) in [5.74, 6) is -0.0358. The highest BCUT2D eigenvalue weighted by Crippen LogP contribution is 2.12. The van der Waals surface area contributed by atoms with E-state index < -0.39 is 0 Å². The number of aliphatic hydroxyl groups excluding tert-OH is 1. The lowest BCUT2D eigenvalue weighted by Gasteiger charge is -2.28. The number of thiazole rings is 1. The van der Waals surface area contributed by atoms with Gasteiger partial charge in [-0.25, -0.2) is 4.98 Å². The number of aliphatic hydroxyl groups is 1. The molecule has 1 aromatic rings. The summed E-state index contributed by atoms with van der Waals surface area (Å²) in [7, 11) is 0. The van der Waals surface area contributed by atoms with Crippen molar-refractivity contribution >= 4 is 22.4 Å². The molecule has 2 heterocycles. The first-order valence-corrected chi connectivity index (χ1v) is 6.22. The van der Waals surface area contributed by atoms with Crippen LogP contribution in [0.15, 0.2) is 11.6 Å². The number of carbonyl (C=O) groups excluding carboxylic acids is 1. The summed E-state index contributed by atoms with van der Waals surface area (Å²) in [5.41, 5.74) is 0. The van der Waals surface area contributed by atoms with Gasteiger partial charge in [0, 0.05) is 24.7 Å². The number of amides is 1. The van der Waals surface area contributed by atoms with Crippen LogP contribution in [0, 0.1) is 0 Å². The molecule has 88 valence electrons. The second-order valence-corrected chi connectivity index (χ2v) is 4.79. The van der Waals surface area contributed by atoms with Gasteiger partial charge in [0.25, 0.3) is 0 Å². The SMILES string of the molecule is O=C(CN1CCC(O)CC1)Nc1nccs1. The predicted molar refractivity (Wildman–Crippen MR) is 62.4 cm³/mol. The molecule has 0 saturated carbocycles. The van der Waals surface area contributed by atoms with Gasteiger partial charge in [0.15, 0.2) is 5.13 Å². The number of carbonyl (C=O) groups is 1. The van der Waals surface area contributed by atoms with Crippen LogP contribution in [0.4, 0.5) is 5.13 Å². The van der Waals surface area contributed by atoms with Crippen LogP contribution < -0.4 is 5.32 Å². The van der Waals surface area contributed by atoms with Gasteiger partial charge in [0.2, 0.25) is 5.91 Å². The van der Waals surface area contributed by atoms with Gasteiger partial charge in [-0.05, 0) is 12.8 Å². The third kappa shape index (κ3) is 3.26. The van der Waals surface area contributed by atoms with Crippen LogP contribution in [0.5, 0.6) is 0 Å². The Balaban J connectivity index is 1.75. The van der Waals surface area contributed by atoms with Crippen LogP contribution in [0.2, 0.25) is 0 Å². The van der Waals surface area contributed by atoms with Gasteiger partial charge >= 0.3 is 0 Å². The normalized spacial score (nSPS) is 18.6. The molecule has 0 bridgehead atoms. The molecule has 5 nitrogen and oxygen atoms in total. The maximum atomic E-state index is 11.6. The molecule has 16 heavy (non-hydrogen) atoms. The molecular formula is C10H15N3O2S. The fourth-order valence-corrected chi connectivity index (χ4v) is 2.27. The number of hydrogen-bond acceptors (Lipinski definition) is 5. The third-order valence-electron chi connectivity index (χ3n) is 2.60. The largest absolute Gasteiger partial charge is 0.393 e. The van der Waals surface area contributed by atoms with Crippen LogP contribution in [0.1, 0.15) is 12.8 Å². The van der Waals surface area contributed by atoms with Crippen molar-refractivity contribution in [2.75, 3.05) is 25.0 Å². The van der Waals surface area contributed by atoms with Gasteiger partial charge in [0.05, 0.1) is 12.6 Å². The first kappa shape index (κ1) is 11.5. The lowest BCUT2D eigenvalue weighted by Crippen LogP contribution is -2.40. The fourth-order valence-electron chi connectivity index (χ4n) is 1.72. The van der Waals surface area contributed by atoms with Crippen LogP contribution in [0.25, 0.3) is 0 Å². The molecule has 1 saturated heterocycles. The van der Waals surface area contributed by atoms with E-state index >= 15 is 0 Å². The maximum Gasteiger partial charge on any atom is 0.240 e. The second-order valence-electron chi connectivity index (χ2n) is 3.89. The smallest absolute Gasteiger partial charge is 0.240 e. The highest BCUT2D eigenvalue weighted by Gasteiger charge is 2.19. The number of likely N-dealkylation sites (tertiary alicyclic amines) is 1. The lowest BCUT2D eigenvalue weighted by atomic mass is 10.1. The fraction of sp³-hybridized carbons (Fsp3) is 0.600. The van der Waals surface area contributed by atoms with Gasteiger partial charge < -0.3 is 10.4 Å². The Morgan fingerprint density at radius 3 is 3.00 bits per heavy atom. The minimum absolute atomic E-state index is 0.0358. The van der Waals surface area contributed by atoms with E-state index in [0.717, 1.165) is 25.9 Å². The summed E-state index contributed by atoms with van der Waals surface area (Å²) in [6.07, 6.45) is 2.98. The van der Waals surface area contributed by atoms with Crippen LogP contribution in [-0.4, -0.2) is 46.6 Å². The quantitative estimate of drug-likeness (QED) is 0.810. The van der Waals surface area contributed by atoms with Crippen molar-refractivity contribution in [3.63, 3.8) is 0 Å². The standard InChI is InChI=1S/C10H15N3O2S/c14-8-1-4-13(5-2-8)7-9(15)12-10-11-3-6-16-10/h3,6,8,14H,1-2,4-5,7H2,(H,11,12,15). The number of piperidine rings is 1. The number of aromatic nitrogens is 1. The van der Waals surface area contributed by atoms with Gasteiger partial charge in [-0.15, -0.1) is 11.3 Å². The number of nitrogens with zero attached hydrogens (tertiary/aromatic N) is 2. The predicted octanol–water partition coefficient (Wildman–Crippen LogP) is 0.538. The molecule has 0 aliphatic carbocycles. The average molecular weight is 241 g/mol. The third-order valence-corrected chi connectivity index (χ3v) is 3.29. The minimum Gasteiger partial charge on any atom is -0.393 e. The molecule has 0 spiro atoms. The molecule has 6 heteroatoms. The van der Waals surface area contributed by atoms with Crippen molar-refractivity contribution in [2.45, 2.75) is 18.9 Å². The molecule has 0 atom stereocenters. The van der Waals surface area contributed by atoms with Gasteiger partial charge in [0.1, 0.15) is 0 Å². The zero-order valence-corrected chi connectivity index (χ0v) is 9.74. The van der Waals surface area contributed by atoms with E-state index in [1.807, 2.05) is 5.38 Å². The monoisotopic (exact) mass is 241 g/mol. The number of nitrogens with one attached hydrogen (secondary N) is 1. The van der Waals surface area contributed by atoms with Gasteiger partial charge in [-0.3, -0.25) is 9.69 Å². The van der Waals surface area contributed by atoms with E-state index in [1.54, 1.807) is 6.20 Å². The van der Waals surface area contributed by atoms with Crippen molar-refractivity contribution in [1.82, 2.24) is 9.88 Å².